The molecule has 0 aliphatic rings. The van der Waals surface area contributed by atoms with Gasteiger partial charge in [0.2, 0.25) is 0 Å². The van der Waals surface area contributed by atoms with E-state index >= 15 is 0 Å². The summed E-state index contributed by atoms with van der Waals surface area (Å²) in [5, 5.41) is 8.05. The summed E-state index contributed by atoms with van der Waals surface area (Å²) in [7, 11) is 3.99. The highest BCUT2D eigenvalue weighted by molar-refractivity contribution is 5.08. The quantitative estimate of drug-likeness (QED) is 0.844. The van der Waals surface area contributed by atoms with Gasteiger partial charge < -0.3 is 9.88 Å². The van der Waals surface area contributed by atoms with Gasteiger partial charge in [-0.2, -0.15) is 5.10 Å². The van der Waals surface area contributed by atoms with Gasteiger partial charge in [-0.1, -0.05) is 13.8 Å². The monoisotopic (exact) mass is 275 g/mol. The van der Waals surface area contributed by atoms with Crippen LogP contribution in [0.5, 0.6) is 0 Å². The average Bonchev–Trinajstić information content (AvgIpc) is 3.07. The zero-order valence-corrected chi connectivity index (χ0v) is 12.9. The summed E-state index contributed by atoms with van der Waals surface area (Å²) in [4.78, 5) is 4.42. The third-order valence-corrected chi connectivity index (χ3v) is 3.91. The Balaban J connectivity index is 2.11. The van der Waals surface area contributed by atoms with Crippen molar-refractivity contribution in [2.24, 2.45) is 7.05 Å². The maximum atomic E-state index is 4.72. The highest BCUT2D eigenvalue weighted by Gasteiger charge is 2.16. The van der Waals surface area contributed by atoms with Crippen molar-refractivity contribution in [1.82, 2.24) is 24.6 Å². The molecule has 20 heavy (non-hydrogen) atoms. The maximum absolute atomic E-state index is 4.72. The number of aromatic nitrogens is 4. The van der Waals surface area contributed by atoms with Crippen LogP contribution in [0.2, 0.25) is 0 Å². The first kappa shape index (κ1) is 14.8. The normalized spacial score (nSPS) is 13.1. The molecule has 0 saturated carbocycles. The van der Waals surface area contributed by atoms with Crippen molar-refractivity contribution in [3.8, 4) is 0 Å². The van der Waals surface area contributed by atoms with E-state index in [-0.39, 0.29) is 6.04 Å². The first-order chi connectivity index (χ1) is 9.69. The van der Waals surface area contributed by atoms with Crippen LogP contribution in [0.1, 0.15) is 50.3 Å². The van der Waals surface area contributed by atoms with Crippen molar-refractivity contribution in [2.75, 3.05) is 7.05 Å². The Bertz CT molecular complexity index is 524. The molecule has 110 valence electrons. The largest absolute Gasteiger partial charge is 0.337 e. The predicted octanol–water partition coefficient (Wildman–Crippen LogP) is 2.48. The van der Waals surface area contributed by atoms with E-state index in [0.717, 1.165) is 30.8 Å². The SMILES string of the molecule is CCC(CC)n1ccc(CC(NC)c2nccn2C)n1. The third kappa shape index (κ3) is 3.10. The molecule has 2 rings (SSSR count). The van der Waals surface area contributed by atoms with Crippen LogP contribution >= 0.6 is 0 Å². The highest BCUT2D eigenvalue weighted by Crippen LogP contribution is 2.18. The second kappa shape index (κ2) is 6.70. The van der Waals surface area contributed by atoms with Crippen LogP contribution in [0.3, 0.4) is 0 Å². The zero-order chi connectivity index (χ0) is 14.5. The molecule has 2 aromatic rings. The standard InChI is InChI=1S/C15H25N5/c1-5-13(6-2)20-9-7-12(18-20)11-14(16-3)15-17-8-10-19(15)4/h7-10,13-14,16H,5-6,11H2,1-4H3. The number of aryl methyl sites for hydroxylation is 1. The van der Waals surface area contributed by atoms with Crippen molar-refractivity contribution in [1.29, 1.82) is 0 Å². The Labute approximate surface area is 121 Å². The summed E-state index contributed by atoms with van der Waals surface area (Å²) < 4.78 is 4.15. The molecule has 2 aromatic heterocycles. The fourth-order valence-corrected chi connectivity index (χ4v) is 2.60. The molecule has 5 nitrogen and oxygen atoms in total. The minimum Gasteiger partial charge on any atom is -0.337 e. The summed E-state index contributed by atoms with van der Waals surface area (Å²) in [5.74, 6) is 1.05. The number of imidazole rings is 1. The van der Waals surface area contributed by atoms with Gasteiger partial charge in [0.05, 0.1) is 17.8 Å². The summed E-state index contributed by atoms with van der Waals surface area (Å²) >= 11 is 0. The van der Waals surface area contributed by atoms with E-state index in [0.29, 0.717) is 6.04 Å². The Morgan fingerprint density at radius 2 is 2.00 bits per heavy atom. The van der Waals surface area contributed by atoms with Crippen molar-refractivity contribution >= 4 is 0 Å². The van der Waals surface area contributed by atoms with Gasteiger partial charge in [0, 0.05) is 32.1 Å². The minimum atomic E-state index is 0.194. The van der Waals surface area contributed by atoms with Gasteiger partial charge >= 0.3 is 0 Å². The van der Waals surface area contributed by atoms with E-state index in [1.54, 1.807) is 0 Å². The van der Waals surface area contributed by atoms with Crippen molar-refractivity contribution < 1.29 is 0 Å². The fraction of sp³-hybridized carbons (Fsp3) is 0.600. The summed E-state index contributed by atoms with van der Waals surface area (Å²) in [6, 6.07) is 2.82. The summed E-state index contributed by atoms with van der Waals surface area (Å²) in [5.41, 5.74) is 1.11. The number of hydrogen-bond donors (Lipinski definition) is 1. The average molecular weight is 275 g/mol. The van der Waals surface area contributed by atoms with E-state index in [1.165, 1.54) is 0 Å². The summed E-state index contributed by atoms with van der Waals surface area (Å²) in [6.45, 7) is 4.42. The maximum Gasteiger partial charge on any atom is 0.125 e. The topological polar surface area (TPSA) is 47.7 Å². The first-order valence-electron chi connectivity index (χ1n) is 7.38. The summed E-state index contributed by atoms with van der Waals surface area (Å²) in [6.07, 6.45) is 9.00. The zero-order valence-electron chi connectivity index (χ0n) is 12.9. The van der Waals surface area contributed by atoms with Gasteiger partial charge in [0.1, 0.15) is 5.82 Å². The molecule has 0 aromatic carbocycles. The van der Waals surface area contributed by atoms with Gasteiger partial charge in [0.15, 0.2) is 0 Å². The van der Waals surface area contributed by atoms with Crippen LogP contribution in [0, 0.1) is 0 Å². The Kier molecular flexibility index (Phi) is 4.95. The highest BCUT2D eigenvalue weighted by atomic mass is 15.3. The lowest BCUT2D eigenvalue weighted by molar-refractivity contribution is 0.422. The molecule has 0 aliphatic carbocycles. The molecular formula is C15H25N5. The van der Waals surface area contributed by atoms with Crippen LogP contribution < -0.4 is 5.32 Å². The molecule has 5 heteroatoms. The molecule has 2 heterocycles. The molecule has 1 unspecified atom stereocenters. The van der Waals surface area contributed by atoms with Crippen molar-refractivity contribution in [3.63, 3.8) is 0 Å². The lowest BCUT2D eigenvalue weighted by Crippen LogP contribution is -2.22. The van der Waals surface area contributed by atoms with E-state index in [9.17, 15) is 0 Å². The first-order valence-corrected chi connectivity index (χ1v) is 7.38. The Morgan fingerprint density at radius 1 is 1.25 bits per heavy atom. The Morgan fingerprint density at radius 3 is 2.55 bits per heavy atom. The van der Waals surface area contributed by atoms with Crippen molar-refractivity contribution in [3.05, 3.63) is 36.2 Å². The minimum absolute atomic E-state index is 0.194. The number of nitrogens with zero attached hydrogens (tertiary/aromatic N) is 4. The molecule has 0 bridgehead atoms. The molecule has 0 saturated heterocycles. The molecule has 0 fully saturated rings. The van der Waals surface area contributed by atoms with E-state index in [2.05, 4.69) is 45.7 Å². The number of rotatable bonds is 7. The van der Waals surface area contributed by atoms with Gasteiger partial charge in [-0.15, -0.1) is 0 Å². The molecule has 1 N–H and O–H groups in total. The lowest BCUT2D eigenvalue weighted by atomic mass is 10.1. The van der Waals surface area contributed by atoms with E-state index in [1.807, 2.05) is 26.5 Å². The smallest absolute Gasteiger partial charge is 0.125 e. The molecule has 0 amide bonds. The van der Waals surface area contributed by atoms with E-state index in [4.69, 9.17) is 5.10 Å². The van der Waals surface area contributed by atoms with Gasteiger partial charge in [-0.05, 0) is 26.0 Å². The van der Waals surface area contributed by atoms with Crippen LogP contribution in [0.25, 0.3) is 0 Å². The van der Waals surface area contributed by atoms with Crippen molar-refractivity contribution in [2.45, 2.75) is 45.2 Å². The van der Waals surface area contributed by atoms with E-state index < -0.39 is 0 Å². The predicted molar refractivity (Wildman–Crippen MR) is 80.6 cm³/mol. The van der Waals surface area contributed by atoms with Crippen LogP contribution in [-0.4, -0.2) is 26.4 Å². The van der Waals surface area contributed by atoms with Gasteiger partial charge in [-0.25, -0.2) is 4.98 Å². The molecule has 0 spiro atoms. The second-order valence-electron chi connectivity index (χ2n) is 5.20. The fourth-order valence-electron chi connectivity index (χ4n) is 2.60. The number of nitrogens with one attached hydrogen (secondary N) is 1. The molecule has 0 radical (unpaired) electrons. The molecule has 0 aliphatic heterocycles. The molecule has 1 atom stereocenters. The van der Waals surface area contributed by atoms with Crippen LogP contribution in [0.15, 0.2) is 24.7 Å². The number of hydrogen-bond acceptors (Lipinski definition) is 3. The second-order valence-corrected chi connectivity index (χ2v) is 5.20. The van der Waals surface area contributed by atoms with Crippen LogP contribution in [0.4, 0.5) is 0 Å². The van der Waals surface area contributed by atoms with Gasteiger partial charge in [0.25, 0.3) is 0 Å². The third-order valence-electron chi connectivity index (χ3n) is 3.91. The number of likely N-dealkylation sites (N-methyl/N-ethyl adjacent to an activating group) is 1. The lowest BCUT2D eigenvalue weighted by Gasteiger charge is -2.15. The Hall–Kier alpha value is -1.62. The van der Waals surface area contributed by atoms with Crippen LogP contribution in [-0.2, 0) is 13.5 Å². The molecular weight excluding hydrogens is 250 g/mol. The van der Waals surface area contributed by atoms with Gasteiger partial charge in [-0.3, -0.25) is 4.68 Å².